The lowest BCUT2D eigenvalue weighted by Crippen LogP contribution is -2.17. The van der Waals surface area contributed by atoms with Gasteiger partial charge in [0.2, 0.25) is 0 Å². The molecule has 0 bridgehead atoms. The number of fused-ring (bicyclic) bond motifs is 1. The highest BCUT2D eigenvalue weighted by Gasteiger charge is 2.23. The summed E-state index contributed by atoms with van der Waals surface area (Å²) in [6, 6.07) is 16.5. The third-order valence-corrected chi connectivity index (χ3v) is 5.97. The SMILES string of the molecule is Cc1cc(C)n2c(NC3CCCC3)c(-c3ccc(-c4ccc(Cl)cc4)o3)nc2c1.Cl. The first-order valence-corrected chi connectivity index (χ1v) is 10.6. The molecule has 0 spiro atoms. The molecule has 1 fully saturated rings. The predicted octanol–water partition coefficient (Wildman–Crippen LogP) is 7.31. The molecule has 0 amide bonds. The molecule has 1 N–H and O–H groups in total. The Bertz CT molecular complexity index is 1170. The summed E-state index contributed by atoms with van der Waals surface area (Å²) in [6.07, 6.45) is 4.96. The van der Waals surface area contributed by atoms with Gasteiger partial charge in [0.05, 0.1) is 0 Å². The number of furan rings is 1. The van der Waals surface area contributed by atoms with E-state index in [2.05, 4.69) is 35.7 Å². The first-order valence-electron chi connectivity index (χ1n) is 10.2. The number of benzene rings is 1. The van der Waals surface area contributed by atoms with Crippen LogP contribution in [0.5, 0.6) is 0 Å². The smallest absolute Gasteiger partial charge is 0.157 e. The van der Waals surface area contributed by atoms with E-state index < -0.39 is 0 Å². The van der Waals surface area contributed by atoms with Gasteiger partial charge in [-0.15, -0.1) is 12.4 Å². The molecule has 4 nitrogen and oxygen atoms in total. The van der Waals surface area contributed by atoms with Crippen LogP contribution in [0.25, 0.3) is 28.4 Å². The molecule has 0 unspecified atom stereocenters. The van der Waals surface area contributed by atoms with Gasteiger partial charge >= 0.3 is 0 Å². The number of anilines is 1. The van der Waals surface area contributed by atoms with E-state index in [1.165, 1.54) is 36.9 Å². The van der Waals surface area contributed by atoms with Gasteiger partial charge in [0.15, 0.2) is 5.76 Å². The van der Waals surface area contributed by atoms with E-state index in [0.29, 0.717) is 6.04 Å². The van der Waals surface area contributed by atoms with Crippen LogP contribution < -0.4 is 5.32 Å². The standard InChI is InChI=1S/C24H24ClN3O.ClH/c1-15-13-16(2)28-22(14-15)27-23(24(28)26-19-5-3-4-6-19)21-12-11-20(29-21)17-7-9-18(25)10-8-17;/h7-14,19,26H,3-6H2,1-2H3;1H. The molecular weight excluding hydrogens is 417 g/mol. The van der Waals surface area contributed by atoms with Gasteiger partial charge < -0.3 is 9.73 Å². The fourth-order valence-electron chi connectivity index (χ4n) is 4.33. The van der Waals surface area contributed by atoms with E-state index in [4.69, 9.17) is 21.0 Å². The Hall–Kier alpha value is -2.43. The highest BCUT2D eigenvalue weighted by atomic mass is 35.5. The lowest BCUT2D eigenvalue weighted by atomic mass is 10.2. The molecule has 4 aromatic rings. The van der Waals surface area contributed by atoms with Crippen molar-refractivity contribution >= 4 is 35.5 Å². The highest BCUT2D eigenvalue weighted by molar-refractivity contribution is 6.30. The zero-order valence-electron chi connectivity index (χ0n) is 17.1. The second-order valence-electron chi connectivity index (χ2n) is 7.97. The Kier molecular flexibility index (Phi) is 5.81. The van der Waals surface area contributed by atoms with Gasteiger partial charge in [0.1, 0.15) is 22.9 Å². The first-order chi connectivity index (χ1) is 14.1. The van der Waals surface area contributed by atoms with E-state index in [-0.39, 0.29) is 12.4 Å². The molecular formula is C24H25Cl2N3O. The predicted molar refractivity (Wildman–Crippen MR) is 126 cm³/mol. The maximum Gasteiger partial charge on any atom is 0.157 e. The number of aromatic nitrogens is 2. The summed E-state index contributed by atoms with van der Waals surface area (Å²) in [5, 5.41) is 4.49. The Labute approximate surface area is 187 Å². The third kappa shape index (κ3) is 3.82. The summed E-state index contributed by atoms with van der Waals surface area (Å²) >= 11 is 6.02. The molecule has 5 rings (SSSR count). The zero-order valence-corrected chi connectivity index (χ0v) is 18.7. The van der Waals surface area contributed by atoms with E-state index in [0.717, 1.165) is 39.3 Å². The van der Waals surface area contributed by atoms with Crippen LogP contribution in [-0.2, 0) is 0 Å². The molecule has 1 aliphatic carbocycles. The van der Waals surface area contributed by atoms with Crippen molar-refractivity contribution in [3.05, 3.63) is 64.8 Å². The molecule has 0 saturated heterocycles. The monoisotopic (exact) mass is 441 g/mol. The number of imidazole rings is 1. The topological polar surface area (TPSA) is 42.5 Å². The summed E-state index contributed by atoms with van der Waals surface area (Å²) in [4.78, 5) is 4.95. The van der Waals surface area contributed by atoms with Crippen LogP contribution in [0.3, 0.4) is 0 Å². The average Bonchev–Trinajstić information content (AvgIpc) is 3.43. The van der Waals surface area contributed by atoms with Crippen LogP contribution in [0.4, 0.5) is 5.82 Å². The molecule has 0 atom stereocenters. The van der Waals surface area contributed by atoms with Crippen LogP contribution in [0.1, 0.15) is 36.9 Å². The van der Waals surface area contributed by atoms with Gasteiger partial charge in [0.25, 0.3) is 0 Å². The van der Waals surface area contributed by atoms with Crippen molar-refractivity contribution in [3.8, 4) is 22.8 Å². The lowest BCUT2D eigenvalue weighted by Gasteiger charge is -2.15. The van der Waals surface area contributed by atoms with E-state index in [1.54, 1.807) is 0 Å². The van der Waals surface area contributed by atoms with Crippen molar-refractivity contribution in [2.75, 3.05) is 5.32 Å². The molecule has 0 aliphatic heterocycles. The maximum atomic E-state index is 6.24. The van der Waals surface area contributed by atoms with Crippen molar-refractivity contribution in [2.24, 2.45) is 0 Å². The van der Waals surface area contributed by atoms with Gasteiger partial charge in [0, 0.05) is 22.3 Å². The largest absolute Gasteiger partial charge is 0.454 e. The van der Waals surface area contributed by atoms with Crippen LogP contribution in [-0.4, -0.2) is 15.4 Å². The van der Waals surface area contributed by atoms with Gasteiger partial charge in [-0.1, -0.05) is 24.4 Å². The van der Waals surface area contributed by atoms with Crippen LogP contribution in [0, 0.1) is 13.8 Å². The minimum Gasteiger partial charge on any atom is -0.454 e. The lowest BCUT2D eigenvalue weighted by molar-refractivity contribution is 0.595. The van der Waals surface area contributed by atoms with Crippen molar-refractivity contribution < 1.29 is 4.42 Å². The Morgan fingerprint density at radius 3 is 2.43 bits per heavy atom. The van der Waals surface area contributed by atoms with Crippen molar-refractivity contribution in [1.82, 2.24) is 9.38 Å². The summed E-state index contributed by atoms with van der Waals surface area (Å²) in [6.45, 7) is 4.24. The highest BCUT2D eigenvalue weighted by Crippen LogP contribution is 2.36. The molecule has 1 aromatic carbocycles. The summed E-state index contributed by atoms with van der Waals surface area (Å²) in [5.74, 6) is 2.62. The summed E-state index contributed by atoms with van der Waals surface area (Å²) in [5.41, 5.74) is 5.19. The second kappa shape index (κ2) is 8.37. The number of rotatable bonds is 4. The van der Waals surface area contributed by atoms with Crippen molar-refractivity contribution in [1.29, 1.82) is 0 Å². The van der Waals surface area contributed by atoms with E-state index in [1.807, 2.05) is 36.4 Å². The summed E-state index contributed by atoms with van der Waals surface area (Å²) in [7, 11) is 0. The van der Waals surface area contributed by atoms with Crippen LogP contribution >= 0.6 is 24.0 Å². The molecule has 3 aromatic heterocycles. The fraction of sp³-hybridized carbons (Fsp3) is 0.292. The summed E-state index contributed by atoms with van der Waals surface area (Å²) < 4.78 is 8.45. The normalized spacial score (nSPS) is 14.2. The number of hydrogen-bond acceptors (Lipinski definition) is 3. The van der Waals surface area contributed by atoms with Gasteiger partial charge in [-0.05, 0) is 80.8 Å². The molecule has 1 saturated carbocycles. The number of nitrogens with one attached hydrogen (secondary N) is 1. The minimum absolute atomic E-state index is 0. The number of nitrogens with zero attached hydrogens (tertiary/aromatic N) is 2. The Balaban J connectivity index is 0.00000218. The quantitative estimate of drug-likeness (QED) is 0.360. The molecule has 6 heteroatoms. The van der Waals surface area contributed by atoms with Gasteiger partial charge in [-0.25, -0.2) is 4.98 Å². The third-order valence-electron chi connectivity index (χ3n) is 5.71. The van der Waals surface area contributed by atoms with Crippen LogP contribution in [0.15, 0.2) is 52.9 Å². The van der Waals surface area contributed by atoms with Crippen molar-refractivity contribution in [3.63, 3.8) is 0 Å². The van der Waals surface area contributed by atoms with E-state index in [9.17, 15) is 0 Å². The molecule has 30 heavy (non-hydrogen) atoms. The van der Waals surface area contributed by atoms with Crippen molar-refractivity contribution in [2.45, 2.75) is 45.6 Å². The number of hydrogen-bond donors (Lipinski definition) is 1. The Morgan fingerprint density at radius 2 is 1.70 bits per heavy atom. The zero-order chi connectivity index (χ0) is 20.0. The molecule has 156 valence electrons. The second-order valence-corrected chi connectivity index (χ2v) is 8.41. The number of aryl methyl sites for hydroxylation is 2. The first kappa shape index (κ1) is 20.8. The van der Waals surface area contributed by atoms with Crippen LogP contribution in [0.2, 0.25) is 5.02 Å². The number of halogens is 2. The van der Waals surface area contributed by atoms with Gasteiger partial charge in [-0.2, -0.15) is 0 Å². The average molecular weight is 442 g/mol. The molecule has 1 aliphatic rings. The fourth-order valence-corrected chi connectivity index (χ4v) is 4.46. The van der Waals surface area contributed by atoms with Gasteiger partial charge in [-0.3, -0.25) is 4.40 Å². The molecule has 0 radical (unpaired) electrons. The Morgan fingerprint density at radius 1 is 1.00 bits per heavy atom. The molecule has 3 heterocycles. The van der Waals surface area contributed by atoms with E-state index >= 15 is 0 Å². The maximum absolute atomic E-state index is 6.24. The minimum atomic E-state index is 0. The number of pyridine rings is 1.